The Morgan fingerprint density at radius 1 is 1.33 bits per heavy atom. The van der Waals surface area contributed by atoms with Gasteiger partial charge in [0, 0.05) is 5.92 Å². The molecule has 0 fully saturated rings. The fourth-order valence-corrected chi connectivity index (χ4v) is 3.30. The maximum atomic E-state index is 11.7. The van der Waals surface area contributed by atoms with Crippen LogP contribution in [0.15, 0.2) is 12.2 Å². The normalized spacial score (nSPS) is 18.6. The van der Waals surface area contributed by atoms with E-state index < -0.39 is 11.6 Å². The molecule has 0 bridgehead atoms. The molecule has 0 saturated heterocycles. The van der Waals surface area contributed by atoms with Crippen molar-refractivity contribution in [1.82, 2.24) is 0 Å². The van der Waals surface area contributed by atoms with E-state index in [4.69, 9.17) is 4.74 Å². The van der Waals surface area contributed by atoms with Crippen LogP contribution in [0.5, 0.6) is 0 Å². The summed E-state index contributed by atoms with van der Waals surface area (Å²) in [4.78, 5) is 21.7. The van der Waals surface area contributed by atoms with Crippen molar-refractivity contribution in [1.29, 1.82) is 0 Å². The van der Waals surface area contributed by atoms with Crippen LogP contribution in [0, 0.1) is 5.92 Å². The third-order valence-corrected chi connectivity index (χ3v) is 6.30. The lowest BCUT2D eigenvalue weighted by Gasteiger charge is -2.39. The van der Waals surface area contributed by atoms with Gasteiger partial charge in [-0.15, -0.1) is 8.58 Å². The van der Waals surface area contributed by atoms with Gasteiger partial charge in [0.05, 0.1) is 0 Å². The van der Waals surface area contributed by atoms with Crippen LogP contribution in [-0.4, -0.2) is 37.0 Å². The second kappa shape index (κ2) is 13.4. The summed E-state index contributed by atoms with van der Waals surface area (Å²) >= 11 is 0. The fourth-order valence-electron chi connectivity index (χ4n) is 2.89. The molecule has 5 heteroatoms. The Labute approximate surface area is 149 Å². The molecular formula is C19H35O4P. The number of hydrogen-bond acceptors (Lipinski definition) is 4. The van der Waals surface area contributed by atoms with E-state index in [1.54, 1.807) is 0 Å². The highest BCUT2D eigenvalue weighted by atomic mass is 31.1. The Hall–Kier alpha value is -0.890. The number of ether oxygens (including phenoxy) is 2. The Kier molecular flexibility index (Phi) is 12.9. The summed E-state index contributed by atoms with van der Waals surface area (Å²) in [6.07, 6.45) is 10.3. The van der Waals surface area contributed by atoms with Crippen LogP contribution < -0.4 is 0 Å². The van der Waals surface area contributed by atoms with Crippen LogP contribution in [-0.2, 0) is 19.1 Å². The van der Waals surface area contributed by atoms with Gasteiger partial charge in [0.15, 0.2) is 6.61 Å². The molecule has 0 spiro atoms. The zero-order valence-electron chi connectivity index (χ0n) is 16.0. The molecule has 1 rings (SSSR count). The van der Waals surface area contributed by atoms with E-state index in [-0.39, 0.29) is 13.1 Å². The monoisotopic (exact) mass is 358 g/mol. The van der Waals surface area contributed by atoms with Crippen molar-refractivity contribution in [2.24, 2.45) is 5.92 Å². The molecule has 0 radical (unpaired) electrons. The number of esters is 1. The van der Waals surface area contributed by atoms with Crippen LogP contribution >= 0.6 is 8.58 Å². The van der Waals surface area contributed by atoms with E-state index >= 15 is 0 Å². The van der Waals surface area contributed by atoms with Crippen molar-refractivity contribution in [3.05, 3.63) is 12.2 Å². The van der Waals surface area contributed by atoms with Crippen LogP contribution in [0.3, 0.4) is 0 Å². The third kappa shape index (κ3) is 8.28. The molecule has 140 valence electrons. The van der Waals surface area contributed by atoms with Crippen molar-refractivity contribution in [3.63, 3.8) is 0 Å². The lowest BCUT2D eigenvalue weighted by atomic mass is 9.76. The van der Waals surface area contributed by atoms with Gasteiger partial charge >= 0.3 is 5.97 Å². The van der Waals surface area contributed by atoms with Gasteiger partial charge in [-0.05, 0) is 50.8 Å². The van der Waals surface area contributed by atoms with Gasteiger partial charge in [-0.1, -0.05) is 39.8 Å². The van der Waals surface area contributed by atoms with Crippen molar-refractivity contribution >= 4 is 21.0 Å². The highest BCUT2D eigenvalue weighted by Crippen LogP contribution is 2.37. The fraction of sp³-hybridized carbons (Fsp3) is 0.789. The molecule has 1 aliphatic rings. The number of rotatable bonds is 9. The molecular weight excluding hydrogens is 323 g/mol. The van der Waals surface area contributed by atoms with Gasteiger partial charge in [-0.2, -0.15) is 0 Å². The molecule has 4 nitrogen and oxygen atoms in total. The zero-order valence-corrected chi connectivity index (χ0v) is 17.0. The third-order valence-electron chi connectivity index (χ3n) is 4.90. The highest BCUT2D eigenvalue weighted by molar-refractivity contribution is 7.37. The summed E-state index contributed by atoms with van der Waals surface area (Å²) in [6.45, 7) is 10.8. The molecule has 0 aromatic carbocycles. The summed E-state index contributed by atoms with van der Waals surface area (Å²) in [5.74, 6) is -0.0990. The molecule has 1 aliphatic carbocycles. The van der Waals surface area contributed by atoms with Crippen LogP contribution in [0.25, 0.3) is 0 Å². The summed E-state index contributed by atoms with van der Waals surface area (Å²) < 4.78 is 10.1. The summed E-state index contributed by atoms with van der Waals surface area (Å²) in [5.41, 5.74) is 0.540. The minimum atomic E-state index is -0.458. The van der Waals surface area contributed by atoms with Crippen molar-refractivity contribution in [2.45, 2.75) is 77.5 Å². The Bertz CT molecular complexity index is 374. The van der Waals surface area contributed by atoms with E-state index in [2.05, 4.69) is 37.4 Å². The summed E-state index contributed by atoms with van der Waals surface area (Å²) in [5, 5.41) is 0. The second-order valence-corrected chi connectivity index (χ2v) is 7.80. The number of hydrogen-bond donors (Lipinski definition) is 0. The van der Waals surface area contributed by atoms with Gasteiger partial charge in [-0.25, -0.2) is 4.79 Å². The smallest absolute Gasteiger partial charge is 0.344 e. The lowest BCUT2D eigenvalue weighted by molar-refractivity contribution is -0.174. The van der Waals surface area contributed by atoms with Gasteiger partial charge in [0.1, 0.15) is 5.60 Å². The SMILES string of the molecule is CCC(C)PC.CCC(CC)(OC(=O)COC=O)C1CC=CCC1. The van der Waals surface area contributed by atoms with Crippen molar-refractivity contribution < 1.29 is 19.1 Å². The average Bonchev–Trinajstić information content (AvgIpc) is 2.65. The maximum absolute atomic E-state index is 11.7. The standard InChI is InChI=1S/C14H22O4.C5H13P/c1-3-14(4-2,12-8-6-5-7-9-12)18-13(16)10-17-11-15;1-4-5(2)6-3/h5-6,11-12H,3-4,7-10H2,1-2H3;5-6H,4H2,1-3H3. The minimum absolute atomic E-state index is 0.268. The predicted molar refractivity (Wildman–Crippen MR) is 102 cm³/mol. The van der Waals surface area contributed by atoms with Crippen LogP contribution in [0.4, 0.5) is 0 Å². The van der Waals surface area contributed by atoms with E-state index in [0.29, 0.717) is 5.92 Å². The van der Waals surface area contributed by atoms with Crippen LogP contribution in [0.2, 0.25) is 0 Å². The number of allylic oxidation sites excluding steroid dienone is 2. The highest BCUT2D eigenvalue weighted by Gasteiger charge is 2.39. The molecule has 3 unspecified atom stereocenters. The molecule has 0 saturated carbocycles. The molecule has 0 aliphatic heterocycles. The minimum Gasteiger partial charge on any atom is -0.456 e. The summed E-state index contributed by atoms with van der Waals surface area (Å²) in [6, 6.07) is 0. The second-order valence-electron chi connectivity index (χ2n) is 6.23. The Morgan fingerprint density at radius 3 is 2.38 bits per heavy atom. The largest absolute Gasteiger partial charge is 0.456 e. The average molecular weight is 358 g/mol. The lowest BCUT2D eigenvalue weighted by Crippen LogP contribution is -2.43. The van der Waals surface area contributed by atoms with Crippen molar-refractivity contribution in [2.75, 3.05) is 13.3 Å². The molecule has 0 amide bonds. The maximum Gasteiger partial charge on any atom is 0.344 e. The van der Waals surface area contributed by atoms with Gasteiger partial charge < -0.3 is 9.47 Å². The van der Waals surface area contributed by atoms with Crippen LogP contribution in [0.1, 0.15) is 66.2 Å². The molecule has 0 aromatic heterocycles. The van der Waals surface area contributed by atoms with E-state index in [9.17, 15) is 9.59 Å². The first kappa shape index (κ1) is 23.1. The summed E-state index contributed by atoms with van der Waals surface area (Å²) in [7, 11) is 1.13. The van der Waals surface area contributed by atoms with E-state index in [1.807, 2.05) is 13.8 Å². The molecule has 3 atom stereocenters. The number of carbonyl (C=O) groups excluding carboxylic acids is 2. The topological polar surface area (TPSA) is 52.6 Å². The van der Waals surface area contributed by atoms with Gasteiger partial charge in [0.2, 0.25) is 0 Å². The molecule has 0 aromatic rings. The van der Waals surface area contributed by atoms with E-state index in [0.717, 1.165) is 46.3 Å². The first-order valence-electron chi connectivity index (χ1n) is 9.08. The molecule has 0 N–H and O–H groups in total. The van der Waals surface area contributed by atoms with Gasteiger partial charge in [-0.3, -0.25) is 4.79 Å². The molecule has 24 heavy (non-hydrogen) atoms. The quantitative estimate of drug-likeness (QED) is 0.259. The zero-order chi connectivity index (χ0) is 18.4. The van der Waals surface area contributed by atoms with Crippen molar-refractivity contribution in [3.8, 4) is 0 Å². The van der Waals surface area contributed by atoms with E-state index in [1.165, 1.54) is 6.42 Å². The Morgan fingerprint density at radius 2 is 2.00 bits per heavy atom. The first-order valence-corrected chi connectivity index (χ1v) is 10.7. The predicted octanol–water partition coefficient (Wildman–Crippen LogP) is 4.71. The number of carbonyl (C=O) groups is 2. The van der Waals surface area contributed by atoms with Gasteiger partial charge in [0.25, 0.3) is 6.47 Å². The molecule has 0 heterocycles. The first-order chi connectivity index (χ1) is 11.5. The Balaban J connectivity index is 0.000000754.